The molecule has 4 rings (SSSR count). The van der Waals surface area contributed by atoms with E-state index >= 15 is 4.39 Å². The molecule has 1 aliphatic heterocycles. The van der Waals surface area contributed by atoms with E-state index < -0.39 is 0 Å². The van der Waals surface area contributed by atoms with Crippen molar-refractivity contribution in [3.63, 3.8) is 0 Å². The van der Waals surface area contributed by atoms with Crippen LogP contribution >= 0.6 is 0 Å². The fourth-order valence-corrected chi connectivity index (χ4v) is 4.25. The lowest BCUT2D eigenvalue weighted by Crippen LogP contribution is -2.49. The maximum Gasteiger partial charge on any atom is 0.189 e. The molecule has 3 aromatic rings. The molecule has 2 N–H and O–H groups in total. The Balaban J connectivity index is 1.59. The third-order valence-corrected chi connectivity index (χ3v) is 5.63. The summed E-state index contributed by atoms with van der Waals surface area (Å²) in [6, 6.07) is 14.3. The summed E-state index contributed by atoms with van der Waals surface area (Å²) in [4.78, 5) is 6.67. The standard InChI is InChI=1S/C25H30F2N4/c1-25(2,3)30-19-12-14-31(15-13-19)23-20-6-4-5-7-21(20)29-24(22(23)27)28-16-17-8-10-18(26)11-9-17/h4-11,19,30H,12-16H2,1-3H3,(H,28,29). The molecule has 0 amide bonds. The fourth-order valence-electron chi connectivity index (χ4n) is 4.25. The van der Waals surface area contributed by atoms with E-state index in [4.69, 9.17) is 0 Å². The molecule has 1 aromatic heterocycles. The number of hydrogen-bond acceptors (Lipinski definition) is 4. The van der Waals surface area contributed by atoms with Gasteiger partial charge in [-0.25, -0.2) is 13.8 Å². The lowest BCUT2D eigenvalue weighted by molar-refractivity contribution is 0.316. The molecule has 2 aromatic carbocycles. The van der Waals surface area contributed by atoms with Crippen LogP contribution < -0.4 is 15.5 Å². The van der Waals surface area contributed by atoms with Crippen LogP contribution in [0.5, 0.6) is 0 Å². The van der Waals surface area contributed by atoms with Gasteiger partial charge in [0.25, 0.3) is 0 Å². The Hall–Kier alpha value is -2.73. The molecule has 1 fully saturated rings. The number of nitrogens with zero attached hydrogens (tertiary/aromatic N) is 2. The number of hydrogen-bond donors (Lipinski definition) is 2. The van der Waals surface area contributed by atoms with E-state index in [2.05, 4.69) is 41.3 Å². The van der Waals surface area contributed by atoms with Crippen molar-refractivity contribution in [2.45, 2.75) is 51.7 Å². The smallest absolute Gasteiger partial charge is 0.189 e. The molecule has 31 heavy (non-hydrogen) atoms. The Labute approximate surface area is 182 Å². The van der Waals surface area contributed by atoms with Crippen molar-refractivity contribution in [3.05, 3.63) is 65.7 Å². The van der Waals surface area contributed by atoms with Crippen molar-refractivity contribution in [1.82, 2.24) is 10.3 Å². The zero-order chi connectivity index (χ0) is 22.0. The minimum absolute atomic E-state index is 0.0683. The maximum atomic E-state index is 15.7. The summed E-state index contributed by atoms with van der Waals surface area (Å²) in [6.45, 7) is 8.48. The second-order valence-electron chi connectivity index (χ2n) is 9.28. The van der Waals surface area contributed by atoms with Crippen molar-refractivity contribution in [1.29, 1.82) is 0 Å². The second-order valence-corrected chi connectivity index (χ2v) is 9.28. The zero-order valence-electron chi connectivity index (χ0n) is 18.4. The van der Waals surface area contributed by atoms with Gasteiger partial charge >= 0.3 is 0 Å². The fraction of sp³-hybridized carbons (Fsp3) is 0.400. The average Bonchev–Trinajstić information content (AvgIpc) is 2.73. The molecule has 0 atom stereocenters. The van der Waals surface area contributed by atoms with Gasteiger partial charge in [0.2, 0.25) is 0 Å². The summed E-state index contributed by atoms with van der Waals surface area (Å²) in [7, 11) is 0. The minimum atomic E-state index is -0.331. The highest BCUT2D eigenvalue weighted by molar-refractivity contribution is 5.94. The van der Waals surface area contributed by atoms with E-state index in [1.54, 1.807) is 12.1 Å². The molecule has 4 nitrogen and oxygen atoms in total. The summed E-state index contributed by atoms with van der Waals surface area (Å²) >= 11 is 0. The molecule has 0 aliphatic carbocycles. The first-order valence-corrected chi connectivity index (χ1v) is 10.9. The van der Waals surface area contributed by atoms with Gasteiger partial charge in [-0.1, -0.05) is 30.3 Å². The number of para-hydroxylation sites is 1. The van der Waals surface area contributed by atoms with E-state index in [1.807, 2.05) is 24.3 Å². The molecule has 0 saturated carbocycles. The van der Waals surface area contributed by atoms with Gasteiger partial charge < -0.3 is 15.5 Å². The number of piperidine rings is 1. The van der Waals surface area contributed by atoms with Crippen LogP contribution in [0.25, 0.3) is 10.9 Å². The summed E-state index contributed by atoms with van der Waals surface area (Å²) in [5.74, 6) is -0.388. The number of rotatable bonds is 5. The zero-order valence-corrected chi connectivity index (χ0v) is 18.4. The Morgan fingerprint density at radius 1 is 1.00 bits per heavy atom. The summed E-state index contributed by atoms with van der Waals surface area (Å²) in [5.41, 5.74) is 2.31. The number of nitrogens with one attached hydrogen (secondary N) is 2. The highest BCUT2D eigenvalue weighted by atomic mass is 19.1. The van der Waals surface area contributed by atoms with Crippen LogP contribution in [0.3, 0.4) is 0 Å². The molecule has 164 valence electrons. The summed E-state index contributed by atoms with van der Waals surface area (Å²) in [6.07, 6.45) is 1.93. The summed E-state index contributed by atoms with van der Waals surface area (Å²) in [5, 5.41) is 7.60. The molecule has 6 heteroatoms. The van der Waals surface area contributed by atoms with E-state index in [1.165, 1.54) is 12.1 Å². The van der Waals surface area contributed by atoms with Gasteiger partial charge in [-0.05, 0) is 57.4 Å². The van der Waals surface area contributed by atoms with E-state index in [9.17, 15) is 4.39 Å². The van der Waals surface area contributed by atoms with Crippen LogP contribution in [-0.4, -0.2) is 29.7 Å². The van der Waals surface area contributed by atoms with Gasteiger partial charge in [0.1, 0.15) is 5.82 Å². The van der Waals surface area contributed by atoms with Crippen LogP contribution in [0.15, 0.2) is 48.5 Å². The molecule has 0 spiro atoms. The maximum absolute atomic E-state index is 15.7. The molecule has 1 aliphatic rings. The van der Waals surface area contributed by atoms with Crippen molar-refractivity contribution in [2.75, 3.05) is 23.3 Å². The highest BCUT2D eigenvalue weighted by Gasteiger charge is 2.27. The first-order valence-electron chi connectivity index (χ1n) is 10.9. The highest BCUT2D eigenvalue weighted by Crippen LogP contribution is 2.34. The van der Waals surface area contributed by atoms with Gasteiger partial charge in [0.05, 0.1) is 11.2 Å². The molecule has 0 unspecified atom stereocenters. The van der Waals surface area contributed by atoms with E-state index in [0.29, 0.717) is 18.3 Å². The van der Waals surface area contributed by atoms with E-state index in [-0.39, 0.29) is 23.0 Å². The SMILES string of the molecule is CC(C)(C)NC1CCN(c2c(F)c(NCc3ccc(F)cc3)nc3ccccc23)CC1. The predicted octanol–water partition coefficient (Wildman–Crippen LogP) is 5.48. The van der Waals surface area contributed by atoms with Gasteiger partial charge in [-0.15, -0.1) is 0 Å². The lowest BCUT2D eigenvalue weighted by atomic mass is 9.99. The van der Waals surface area contributed by atoms with E-state index in [0.717, 1.165) is 42.4 Å². The van der Waals surface area contributed by atoms with Crippen LogP contribution in [0.1, 0.15) is 39.2 Å². The average molecular weight is 425 g/mol. The van der Waals surface area contributed by atoms with Gasteiger partial charge in [0.15, 0.2) is 11.6 Å². The number of halogens is 2. The second kappa shape index (κ2) is 8.79. The third kappa shape index (κ3) is 5.13. The first kappa shape index (κ1) is 21.5. The van der Waals surface area contributed by atoms with Crippen LogP contribution in [0.2, 0.25) is 0 Å². The van der Waals surface area contributed by atoms with Crippen molar-refractivity contribution < 1.29 is 8.78 Å². The lowest BCUT2D eigenvalue weighted by Gasteiger charge is -2.38. The van der Waals surface area contributed by atoms with Gasteiger partial charge in [-0.3, -0.25) is 0 Å². The van der Waals surface area contributed by atoms with Crippen molar-refractivity contribution in [3.8, 4) is 0 Å². The Morgan fingerprint density at radius 2 is 1.68 bits per heavy atom. The Kier molecular flexibility index (Phi) is 6.10. The van der Waals surface area contributed by atoms with Crippen LogP contribution in [0.4, 0.5) is 20.3 Å². The topological polar surface area (TPSA) is 40.2 Å². The molecular formula is C25H30F2N4. The quantitative estimate of drug-likeness (QED) is 0.569. The monoisotopic (exact) mass is 424 g/mol. The number of pyridine rings is 1. The van der Waals surface area contributed by atoms with Gasteiger partial charge in [-0.2, -0.15) is 0 Å². The molecule has 0 bridgehead atoms. The first-order chi connectivity index (χ1) is 14.8. The molecule has 0 radical (unpaired) electrons. The van der Waals surface area contributed by atoms with Crippen LogP contribution in [0, 0.1) is 11.6 Å². The number of benzene rings is 2. The normalized spacial score (nSPS) is 15.5. The van der Waals surface area contributed by atoms with Crippen LogP contribution in [-0.2, 0) is 6.54 Å². The molecule has 2 heterocycles. The number of fused-ring (bicyclic) bond motifs is 1. The molecular weight excluding hydrogens is 394 g/mol. The Morgan fingerprint density at radius 3 is 2.35 bits per heavy atom. The summed E-state index contributed by atoms with van der Waals surface area (Å²) < 4.78 is 28.8. The minimum Gasteiger partial charge on any atom is -0.368 e. The third-order valence-electron chi connectivity index (χ3n) is 5.63. The predicted molar refractivity (Wildman–Crippen MR) is 124 cm³/mol. The largest absolute Gasteiger partial charge is 0.368 e. The number of anilines is 2. The van der Waals surface area contributed by atoms with Crippen molar-refractivity contribution in [2.24, 2.45) is 0 Å². The Bertz CT molecular complexity index is 1040. The molecule has 1 saturated heterocycles. The number of aromatic nitrogens is 1. The van der Waals surface area contributed by atoms with Crippen molar-refractivity contribution >= 4 is 22.4 Å². The van der Waals surface area contributed by atoms with Gasteiger partial charge in [0, 0.05) is 36.6 Å².